The fraction of sp³-hybridized carbons (Fsp3) is 0.833. The Labute approximate surface area is 108 Å². The third-order valence-electron chi connectivity index (χ3n) is 2.75. The normalized spacial score (nSPS) is 17.2. The van der Waals surface area contributed by atoms with Gasteiger partial charge in [0, 0.05) is 24.7 Å². The Balaban J connectivity index is 2.31. The first-order valence-electron chi connectivity index (χ1n) is 6.23. The molecule has 0 aromatic heterocycles. The molecule has 0 aliphatic carbocycles. The van der Waals surface area contributed by atoms with Crippen molar-refractivity contribution in [3.63, 3.8) is 0 Å². The highest BCUT2D eigenvalue weighted by Crippen LogP contribution is 2.11. The van der Waals surface area contributed by atoms with E-state index in [-0.39, 0.29) is 23.7 Å². The van der Waals surface area contributed by atoms with E-state index in [4.69, 9.17) is 0 Å². The molecule has 104 valence electrons. The van der Waals surface area contributed by atoms with E-state index < -0.39 is 0 Å². The molecule has 2 N–H and O–H groups in total. The zero-order valence-electron chi connectivity index (χ0n) is 11.6. The van der Waals surface area contributed by atoms with Crippen LogP contribution in [0.2, 0.25) is 0 Å². The maximum atomic E-state index is 11.7. The molecule has 1 saturated heterocycles. The summed E-state index contributed by atoms with van der Waals surface area (Å²) in [6, 6.07) is -0.0349. The van der Waals surface area contributed by atoms with Crippen LogP contribution in [-0.2, 0) is 4.74 Å². The van der Waals surface area contributed by atoms with Gasteiger partial charge < -0.3 is 20.3 Å². The molecule has 0 aromatic rings. The Morgan fingerprint density at radius 3 is 2.22 bits per heavy atom. The Morgan fingerprint density at radius 2 is 1.78 bits per heavy atom. The number of hydrogen-bond donors (Lipinski definition) is 2. The fourth-order valence-corrected chi connectivity index (χ4v) is 1.90. The number of methoxy groups -OCH3 is 1. The van der Waals surface area contributed by atoms with Crippen molar-refractivity contribution in [2.45, 2.75) is 45.2 Å². The standard InChI is InChI=1S/C12H23N3O3/c1-12(2,3)14-10(16)13-9-5-7-15(8-6-9)11(17)18-4/h9H,5-8H2,1-4H3,(H2,13,14,16). The number of carbonyl (C=O) groups excluding carboxylic acids is 2. The minimum atomic E-state index is -0.299. The van der Waals surface area contributed by atoms with Crippen molar-refractivity contribution < 1.29 is 14.3 Å². The van der Waals surface area contributed by atoms with E-state index in [1.165, 1.54) is 7.11 Å². The molecule has 0 bridgehead atoms. The number of carbonyl (C=O) groups is 2. The molecule has 0 spiro atoms. The number of urea groups is 1. The second kappa shape index (κ2) is 5.93. The lowest BCUT2D eigenvalue weighted by Crippen LogP contribution is -2.52. The predicted molar refractivity (Wildman–Crippen MR) is 68.4 cm³/mol. The predicted octanol–water partition coefficient (Wildman–Crippen LogP) is 1.31. The molecule has 0 unspecified atom stereocenters. The van der Waals surface area contributed by atoms with E-state index in [0.717, 1.165) is 12.8 Å². The summed E-state index contributed by atoms with van der Waals surface area (Å²) in [6.07, 6.45) is 1.21. The SMILES string of the molecule is COC(=O)N1CCC(NC(=O)NC(C)(C)C)CC1. The minimum absolute atomic E-state index is 0.119. The molecule has 0 atom stereocenters. The second-order valence-electron chi connectivity index (χ2n) is 5.58. The van der Waals surface area contributed by atoms with E-state index >= 15 is 0 Å². The van der Waals surface area contributed by atoms with Crippen molar-refractivity contribution in [3.05, 3.63) is 0 Å². The van der Waals surface area contributed by atoms with Crippen LogP contribution in [0.1, 0.15) is 33.6 Å². The van der Waals surface area contributed by atoms with E-state index in [2.05, 4.69) is 15.4 Å². The zero-order chi connectivity index (χ0) is 13.8. The summed E-state index contributed by atoms with van der Waals surface area (Å²) >= 11 is 0. The van der Waals surface area contributed by atoms with Crippen LogP contribution in [-0.4, -0.2) is 48.8 Å². The molecule has 1 heterocycles. The number of amides is 3. The number of hydrogen-bond acceptors (Lipinski definition) is 3. The maximum absolute atomic E-state index is 11.7. The van der Waals surface area contributed by atoms with Gasteiger partial charge in [0.05, 0.1) is 7.11 Å². The molecule has 0 saturated carbocycles. The van der Waals surface area contributed by atoms with Crippen molar-refractivity contribution in [1.82, 2.24) is 15.5 Å². The Bertz CT molecular complexity index is 304. The number of nitrogens with one attached hydrogen (secondary N) is 2. The van der Waals surface area contributed by atoms with E-state index in [9.17, 15) is 9.59 Å². The molecular weight excluding hydrogens is 234 g/mol. The minimum Gasteiger partial charge on any atom is -0.453 e. The van der Waals surface area contributed by atoms with Crippen molar-refractivity contribution in [2.24, 2.45) is 0 Å². The first-order valence-corrected chi connectivity index (χ1v) is 6.23. The third kappa shape index (κ3) is 4.81. The smallest absolute Gasteiger partial charge is 0.409 e. The van der Waals surface area contributed by atoms with Crippen LogP contribution in [0.4, 0.5) is 9.59 Å². The molecule has 3 amide bonds. The summed E-state index contributed by atoms with van der Waals surface area (Å²) in [5.74, 6) is 0. The van der Waals surface area contributed by atoms with E-state index in [1.807, 2.05) is 20.8 Å². The summed E-state index contributed by atoms with van der Waals surface area (Å²) < 4.78 is 4.66. The highest BCUT2D eigenvalue weighted by Gasteiger charge is 2.25. The molecule has 1 aliphatic heterocycles. The lowest BCUT2D eigenvalue weighted by Gasteiger charge is -2.32. The molecule has 0 radical (unpaired) electrons. The topological polar surface area (TPSA) is 70.7 Å². The summed E-state index contributed by atoms with van der Waals surface area (Å²) in [5.41, 5.74) is -0.239. The maximum Gasteiger partial charge on any atom is 0.409 e. The molecule has 6 nitrogen and oxygen atoms in total. The average molecular weight is 257 g/mol. The van der Waals surface area contributed by atoms with Gasteiger partial charge >= 0.3 is 12.1 Å². The van der Waals surface area contributed by atoms with Gasteiger partial charge in [-0.15, -0.1) is 0 Å². The van der Waals surface area contributed by atoms with Crippen molar-refractivity contribution in [1.29, 1.82) is 0 Å². The van der Waals surface area contributed by atoms with Crippen LogP contribution in [0.5, 0.6) is 0 Å². The largest absolute Gasteiger partial charge is 0.453 e. The van der Waals surface area contributed by atoms with Gasteiger partial charge in [0.15, 0.2) is 0 Å². The van der Waals surface area contributed by atoms with Gasteiger partial charge in [0.2, 0.25) is 0 Å². The van der Waals surface area contributed by atoms with Crippen LogP contribution in [0.25, 0.3) is 0 Å². The number of nitrogens with zero attached hydrogens (tertiary/aromatic N) is 1. The van der Waals surface area contributed by atoms with Gasteiger partial charge in [0.1, 0.15) is 0 Å². The van der Waals surface area contributed by atoms with Crippen LogP contribution in [0.15, 0.2) is 0 Å². The molecule has 1 aliphatic rings. The van der Waals surface area contributed by atoms with Gasteiger partial charge in [-0.1, -0.05) is 0 Å². The van der Waals surface area contributed by atoms with Crippen LogP contribution < -0.4 is 10.6 Å². The number of likely N-dealkylation sites (tertiary alicyclic amines) is 1. The third-order valence-corrected chi connectivity index (χ3v) is 2.75. The van der Waals surface area contributed by atoms with Gasteiger partial charge in [-0.2, -0.15) is 0 Å². The van der Waals surface area contributed by atoms with E-state index in [0.29, 0.717) is 13.1 Å². The zero-order valence-corrected chi connectivity index (χ0v) is 11.6. The summed E-state index contributed by atoms with van der Waals surface area (Å²) in [7, 11) is 1.38. The Kier molecular flexibility index (Phi) is 4.81. The van der Waals surface area contributed by atoms with Crippen molar-refractivity contribution >= 4 is 12.1 Å². The molecule has 6 heteroatoms. The molecule has 18 heavy (non-hydrogen) atoms. The first-order chi connectivity index (χ1) is 8.31. The summed E-state index contributed by atoms with van der Waals surface area (Å²) in [4.78, 5) is 24.6. The quantitative estimate of drug-likeness (QED) is 0.744. The lowest BCUT2D eigenvalue weighted by atomic mass is 10.1. The molecular formula is C12H23N3O3. The lowest BCUT2D eigenvalue weighted by molar-refractivity contribution is 0.110. The van der Waals surface area contributed by atoms with Gasteiger partial charge in [-0.05, 0) is 33.6 Å². The van der Waals surface area contributed by atoms with Gasteiger partial charge in [-0.25, -0.2) is 9.59 Å². The monoisotopic (exact) mass is 257 g/mol. The summed E-state index contributed by atoms with van der Waals surface area (Å²) in [6.45, 7) is 7.05. The number of ether oxygens (including phenoxy) is 1. The highest BCUT2D eigenvalue weighted by molar-refractivity contribution is 5.75. The van der Waals surface area contributed by atoms with Crippen LogP contribution in [0, 0.1) is 0 Å². The summed E-state index contributed by atoms with van der Waals surface area (Å²) in [5, 5.41) is 5.78. The first kappa shape index (κ1) is 14.6. The number of piperidine rings is 1. The number of rotatable bonds is 1. The Hall–Kier alpha value is -1.46. The molecule has 1 rings (SSSR count). The van der Waals surface area contributed by atoms with Crippen molar-refractivity contribution in [3.8, 4) is 0 Å². The van der Waals surface area contributed by atoms with Gasteiger partial charge in [-0.3, -0.25) is 0 Å². The average Bonchev–Trinajstić information content (AvgIpc) is 2.26. The van der Waals surface area contributed by atoms with Crippen molar-refractivity contribution in [2.75, 3.05) is 20.2 Å². The second-order valence-corrected chi connectivity index (χ2v) is 5.58. The Morgan fingerprint density at radius 1 is 1.22 bits per heavy atom. The van der Waals surface area contributed by atoms with Gasteiger partial charge in [0.25, 0.3) is 0 Å². The molecule has 1 fully saturated rings. The van der Waals surface area contributed by atoms with Crippen LogP contribution in [0.3, 0.4) is 0 Å². The fourth-order valence-electron chi connectivity index (χ4n) is 1.90. The molecule has 0 aromatic carbocycles. The van der Waals surface area contributed by atoms with E-state index in [1.54, 1.807) is 4.90 Å². The van der Waals surface area contributed by atoms with Crippen LogP contribution >= 0.6 is 0 Å². The highest BCUT2D eigenvalue weighted by atomic mass is 16.5.